The Labute approximate surface area is 295 Å². The second-order valence-corrected chi connectivity index (χ2v) is 19.2. The molecule has 2 aromatic carbocycles. The summed E-state index contributed by atoms with van der Waals surface area (Å²) in [5, 5.41) is 0. The van der Waals surface area contributed by atoms with E-state index < -0.39 is 0 Å². The van der Waals surface area contributed by atoms with Crippen molar-refractivity contribution in [1.82, 2.24) is 0 Å². The van der Waals surface area contributed by atoms with E-state index in [0.717, 1.165) is 76.5 Å². The van der Waals surface area contributed by atoms with E-state index in [4.69, 9.17) is 18.9 Å². The van der Waals surface area contributed by atoms with Crippen molar-refractivity contribution in [1.29, 1.82) is 0 Å². The molecule has 0 aromatic heterocycles. The molecule has 2 heterocycles. The quantitative estimate of drug-likeness (QED) is 0.141. The minimum Gasteiger partial charge on any atom is -0.493 e. The van der Waals surface area contributed by atoms with Gasteiger partial charge in [0.2, 0.25) is 0 Å². The topological polar surface area (TPSA) is 43.5 Å². The fourth-order valence-electron chi connectivity index (χ4n) is 6.79. The van der Waals surface area contributed by atoms with E-state index >= 15 is 0 Å². The van der Waals surface area contributed by atoms with Crippen LogP contribution in [0.4, 0.5) is 0 Å². The first-order valence-corrected chi connectivity index (χ1v) is 19.0. The molecular weight excluding hydrogens is 592 g/mol. The fraction of sp³-hybridized carbons (Fsp3) is 0.727. The highest BCUT2D eigenvalue weighted by atomic mass is 16.6. The Kier molecular flexibility index (Phi) is 12.2. The monoisotopic (exact) mass is 663 g/mol. The van der Waals surface area contributed by atoms with Gasteiger partial charge in [0.15, 0.2) is 0 Å². The molecule has 0 aliphatic carbocycles. The van der Waals surface area contributed by atoms with Crippen LogP contribution >= 0.6 is 0 Å². The summed E-state index contributed by atoms with van der Waals surface area (Å²) in [4.78, 5) is 0. The van der Waals surface area contributed by atoms with Gasteiger partial charge < -0.3 is 18.9 Å². The molecule has 4 unspecified atom stereocenters. The summed E-state index contributed by atoms with van der Waals surface area (Å²) in [6.07, 6.45) is 7.29. The Balaban J connectivity index is 1.59. The van der Waals surface area contributed by atoms with Gasteiger partial charge in [-0.05, 0) is 83.1 Å². The summed E-state index contributed by atoms with van der Waals surface area (Å²) in [6, 6.07) is 9.74. The average Bonchev–Trinajstić information content (AvgIpc) is 3.87. The lowest BCUT2D eigenvalue weighted by Gasteiger charge is -2.31. The van der Waals surface area contributed by atoms with E-state index in [1.54, 1.807) is 0 Å². The Morgan fingerprint density at radius 2 is 0.812 bits per heavy atom. The van der Waals surface area contributed by atoms with Crippen LogP contribution in [0.2, 0.25) is 0 Å². The molecule has 0 saturated carbocycles. The third kappa shape index (κ3) is 10.7. The lowest BCUT2D eigenvalue weighted by Crippen LogP contribution is -2.22. The predicted octanol–water partition coefficient (Wildman–Crippen LogP) is 11.0. The third-order valence-electron chi connectivity index (χ3n) is 10.3. The third-order valence-corrected chi connectivity index (χ3v) is 10.3. The van der Waals surface area contributed by atoms with E-state index in [1.165, 1.54) is 33.4 Å². The molecule has 0 N–H and O–H groups in total. The highest BCUT2D eigenvalue weighted by molar-refractivity contribution is 5.53. The minimum atomic E-state index is -0.0260. The molecule has 48 heavy (non-hydrogen) atoms. The zero-order valence-electron chi connectivity index (χ0n) is 33.3. The largest absolute Gasteiger partial charge is 0.493 e. The SMILES string of the molecule is CC(CCCOc1c(C(C)(C)C)cc(CCc2cc(C(C)(C)C)c(OCCCC(C)C3CO3)c(C(C)(C)C)c2)cc1C(C)(C)C)C1CO1. The van der Waals surface area contributed by atoms with Crippen LogP contribution in [-0.4, -0.2) is 38.6 Å². The van der Waals surface area contributed by atoms with Crippen molar-refractivity contribution in [2.45, 2.75) is 169 Å². The first-order valence-electron chi connectivity index (χ1n) is 19.0. The highest BCUT2D eigenvalue weighted by Gasteiger charge is 2.32. The number of aryl methyl sites for hydroxylation is 2. The van der Waals surface area contributed by atoms with Crippen LogP contribution in [0.1, 0.15) is 156 Å². The molecule has 4 atom stereocenters. The second kappa shape index (κ2) is 15.1. The molecule has 270 valence electrons. The van der Waals surface area contributed by atoms with E-state index in [1.807, 2.05) is 0 Å². The summed E-state index contributed by atoms with van der Waals surface area (Å²) in [5.41, 5.74) is 7.95. The van der Waals surface area contributed by atoms with Gasteiger partial charge in [-0.2, -0.15) is 0 Å². The lowest BCUT2D eigenvalue weighted by molar-refractivity contribution is 0.265. The summed E-state index contributed by atoms with van der Waals surface area (Å²) in [7, 11) is 0. The standard InChI is InChI=1S/C44H70O4/c1-29(37-27-47-37)17-15-21-45-39-33(41(3,4)5)23-31(24-34(39)42(6,7)8)19-20-32-25-35(43(9,10)11)40(36(26-32)44(12,13)14)46-22-16-18-30(2)38-28-48-38/h23-26,29-30,37-38H,15-22,27-28H2,1-14H3. The Morgan fingerprint density at radius 3 is 1.04 bits per heavy atom. The van der Waals surface area contributed by atoms with Gasteiger partial charge in [-0.1, -0.05) is 121 Å². The normalized spacial score (nSPS) is 19.6. The number of ether oxygens (including phenoxy) is 4. The van der Waals surface area contributed by atoms with Gasteiger partial charge in [-0.3, -0.25) is 0 Å². The van der Waals surface area contributed by atoms with Crippen molar-refractivity contribution in [3.63, 3.8) is 0 Å². The summed E-state index contributed by atoms with van der Waals surface area (Å²) >= 11 is 0. The number of rotatable bonds is 15. The van der Waals surface area contributed by atoms with Crippen molar-refractivity contribution < 1.29 is 18.9 Å². The summed E-state index contributed by atoms with van der Waals surface area (Å²) < 4.78 is 24.5. The van der Waals surface area contributed by atoms with Crippen molar-refractivity contribution in [3.8, 4) is 11.5 Å². The maximum Gasteiger partial charge on any atom is 0.126 e. The van der Waals surface area contributed by atoms with Gasteiger partial charge in [0.05, 0.1) is 38.6 Å². The molecule has 2 fully saturated rings. The maximum atomic E-state index is 6.72. The molecule has 0 spiro atoms. The van der Waals surface area contributed by atoms with Crippen molar-refractivity contribution >= 4 is 0 Å². The molecule has 0 bridgehead atoms. The van der Waals surface area contributed by atoms with Crippen molar-refractivity contribution in [3.05, 3.63) is 57.6 Å². The van der Waals surface area contributed by atoms with E-state index in [9.17, 15) is 0 Å². The van der Waals surface area contributed by atoms with Gasteiger partial charge in [0, 0.05) is 22.3 Å². The van der Waals surface area contributed by atoms with E-state index in [0.29, 0.717) is 24.0 Å². The second-order valence-electron chi connectivity index (χ2n) is 19.2. The summed E-state index contributed by atoms with van der Waals surface area (Å²) in [6.45, 7) is 35.8. The molecule has 4 rings (SSSR count). The Hall–Kier alpha value is -2.04. The molecule has 0 radical (unpaired) electrons. The smallest absolute Gasteiger partial charge is 0.126 e. The number of epoxide rings is 2. The lowest BCUT2D eigenvalue weighted by atomic mass is 9.77. The Morgan fingerprint density at radius 1 is 0.542 bits per heavy atom. The molecule has 2 saturated heterocycles. The van der Waals surface area contributed by atoms with E-state index in [2.05, 4.69) is 121 Å². The zero-order chi connectivity index (χ0) is 35.7. The molecule has 2 aromatic rings. The van der Waals surface area contributed by atoms with Crippen LogP contribution < -0.4 is 9.47 Å². The maximum absolute atomic E-state index is 6.72. The number of benzene rings is 2. The van der Waals surface area contributed by atoms with Gasteiger partial charge in [-0.25, -0.2) is 0 Å². The van der Waals surface area contributed by atoms with Gasteiger partial charge in [-0.15, -0.1) is 0 Å². The van der Waals surface area contributed by atoms with Crippen LogP contribution in [0, 0.1) is 11.8 Å². The van der Waals surface area contributed by atoms with Crippen LogP contribution in [0.5, 0.6) is 11.5 Å². The van der Waals surface area contributed by atoms with Crippen molar-refractivity contribution in [2.24, 2.45) is 11.8 Å². The van der Waals surface area contributed by atoms with E-state index in [-0.39, 0.29) is 21.7 Å². The fourth-order valence-corrected chi connectivity index (χ4v) is 6.79. The minimum absolute atomic E-state index is 0.0260. The summed E-state index contributed by atoms with van der Waals surface area (Å²) in [5.74, 6) is 3.41. The Bertz CT molecular complexity index is 1180. The van der Waals surface area contributed by atoms with Crippen LogP contribution in [0.25, 0.3) is 0 Å². The van der Waals surface area contributed by atoms with Crippen LogP contribution in [0.15, 0.2) is 24.3 Å². The molecule has 0 amide bonds. The van der Waals surface area contributed by atoms with Gasteiger partial charge in [0.1, 0.15) is 11.5 Å². The molecule has 4 nitrogen and oxygen atoms in total. The zero-order valence-corrected chi connectivity index (χ0v) is 33.3. The van der Waals surface area contributed by atoms with Crippen LogP contribution in [0.3, 0.4) is 0 Å². The van der Waals surface area contributed by atoms with Crippen molar-refractivity contribution in [2.75, 3.05) is 26.4 Å². The number of hydrogen-bond donors (Lipinski definition) is 0. The highest BCUT2D eigenvalue weighted by Crippen LogP contribution is 2.43. The first-order chi connectivity index (χ1) is 22.2. The number of hydrogen-bond acceptors (Lipinski definition) is 4. The predicted molar refractivity (Wildman–Crippen MR) is 202 cm³/mol. The molecule has 2 aliphatic rings. The average molecular weight is 663 g/mol. The molecule has 4 heteroatoms. The first kappa shape index (κ1) is 38.8. The van der Waals surface area contributed by atoms with Crippen LogP contribution in [-0.2, 0) is 44.0 Å². The van der Waals surface area contributed by atoms with Gasteiger partial charge >= 0.3 is 0 Å². The molecule has 2 aliphatic heterocycles. The molecular formula is C44H70O4. The van der Waals surface area contributed by atoms with Gasteiger partial charge in [0.25, 0.3) is 0 Å².